The molecule has 2 aromatic rings. The second kappa shape index (κ2) is 5.94. The normalized spacial score (nSPS) is 21.3. The molecule has 1 amide bonds. The van der Waals surface area contributed by atoms with E-state index in [-0.39, 0.29) is 24.2 Å². The average Bonchev–Trinajstić information content (AvgIpc) is 3.12. The molecule has 1 aromatic carbocycles. The van der Waals surface area contributed by atoms with Crippen LogP contribution in [0.5, 0.6) is 0 Å². The van der Waals surface area contributed by atoms with Gasteiger partial charge in [0, 0.05) is 12.2 Å². The Hall–Kier alpha value is -2.35. The van der Waals surface area contributed by atoms with E-state index in [2.05, 4.69) is 10.2 Å². The van der Waals surface area contributed by atoms with Crippen LogP contribution >= 0.6 is 0 Å². The van der Waals surface area contributed by atoms with Gasteiger partial charge in [-0.05, 0) is 31.0 Å². The summed E-state index contributed by atoms with van der Waals surface area (Å²) in [5.74, 6) is -0.502. The lowest BCUT2D eigenvalue weighted by Gasteiger charge is -2.26. The van der Waals surface area contributed by atoms with Gasteiger partial charge in [0.05, 0.1) is 17.7 Å². The molecule has 24 heavy (non-hydrogen) atoms. The fourth-order valence-corrected chi connectivity index (χ4v) is 3.05. The molecular formula is C16H16F3N3O2. The molecule has 0 saturated carbocycles. The number of aryl methyl sites for hydroxylation is 1. The van der Waals surface area contributed by atoms with Crippen LogP contribution in [0, 0.1) is 6.92 Å². The van der Waals surface area contributed by atoms with Crippen LogP contribution in [0.3, 0.4) is 0 Å². The number of amides is 1. The third-order valence-corrected chi connectivity index (χ3v) is 4.09. The Morgan fingerprint density at radius 2 is 2.08 bits per heavy atom. The summed E-state index contributed by atoms with van der Waals surface area (Å²) in [6.45, 7) is 1.70. The summed E-state index contributed by atoms with van der Waals surface area (Å²) >= 11 is 0. The first-order chi connectivity index (χ1) is 11.3. The zero-order chi connectivity index (χ0) is 17.5. The Labute approximate surface area is 136 Å². The van der Waals surface area contributed by atoms with Gasteiger partial charge in [0.25, 0.3) is 5.91 Å². The van der Waals surface area contributed by atoms with E-state index >= 15 is 0 Å². The van der Waals surface area contributed by atoms with E-state index in [1.54, 1.807) is 6.92 Å². The first-order valence-corrected chi connectivity index (χ1v) is 7.44. The number of carbonyl (C=O) groups is 1. The molecule has 0 radical (unpaired) electrons. The average molecular weight is 339 g/mol. The third-order valence-electron chi connectivity index (χ3n) is 4.09. The van der Waals surface area contributed by atoms with Crippen molar-refractivity contribution in [1.29, 1.82) is 0 Å². The van der Waals surface area contributed by atoms with Crippen molar-refractivity contribution < 1.29 is 23.1 Å². The van der Waals surface area contributed by atoms with Crippen molar-refractivity contribution in [3.8, 4) is 0 Å². The quantitative estimate of drug-likeness (QED) is 0.884. The third kappa shape index (κ3) is 3.01. The zero-order valence-electron chi connectivity index (χ0n) is 12.8. The predicted molar refractivity (Wildman–Crippen MR) is 79.2 cm³/mol. The van der Waals surface area contributed by atoms with Gasteiger partial charge in [0.15, 0.2) is 0 Å². The number of alkyl halides is 3. The van der Waals surface area contributed by atoms with Crippen molar-refractivity contribution in [2.45, 2.75) is 31.7 Å². The number of hydrogen-bond donors (Lipinski definition) is 2. The first kappa shape index (κ1) is 16.5. The summed E-state index contributed by atoms with van der Waals surface area (Å²) in [6.07, 6.45) is -5.34. The molecule has 3 rings (SSSR count). The molecule has 2 atom stereocenters. The fraction of sp³-hybridized carbons (Fsp3) is 0.375. The number of carbonyl (C=O) groups excluding carboxylic acids is 1. The Morgan fingerprint density at radius 3 is 2.71 bits per heavy atom. The van der Waals surface area contributed by atoms with Crippen molar-refractivity contribution >= 4 is 5.91 Å². The van der Waals surface area contributed by atoms with Crippen molar-refractivity contribution in [3.05, 3.63) is 52.8 Å². The smallest absolute Gasteiger partial charge is 0.391 e. The Bertz CT molecular complexity index is 757. The van der Waals surface area contributed by atoms with Gasteiger partial charge in [-0.15, -0.1) is 0 Å². The molecule has 1 aliphatic heterocycles. The van der Waals surface area contributed by atoms with E-state index in [4.69, 9.17) is 0 Å². The predicted octanol–water partition coefficient (Wildman–Crippen LogP) is 2.69. The molecule has 2 heterocycles. The highest BCUT2D eigenvalue weighted by atomic mass is 19.4. The summed E-state index contributed by atoms with van der Waals surface area (Å²) < 4.78 is 39.8. The number of H-pyrrole nitrogens is 1. The molecule has 0 aliphatic carbocycles. The van der Waals surface area contributed by atoms with Crippen LogP contribution in [0.1, 0.15) is 39.8 Å². The topological polar surface area (TPSA) is 69.2 Å². The second-order valence-electron chi connectivity index (χ2n) is 5.88. The van der Waals surface area contributed by atoms with Crippen molar-refractivity contribution in [2.24, 2.45) is 0 Å². The number of hydrogen-bond acceptors (Lipinski definition) is 3. The zero-order valence-corrected chi connectivity index (χ0v) is 12.8. The maximum atomic E-state index is 13.3. The first-order valence-electron chi connectivity index (χ1n) is 7.44. The molecule has 8 heteroatoms. The molecule has 0 bridgehead atoms. The molecule has 128 valence electrons. The molecule has 1 fully saturated rings. The number of likely N-dealkylation sites (tertiary alicyclic amines) is 1. The molecule has 2 N–H and O–H groups in total. The lowest BCUT2D eigenvalue weighted by Crippen LogP contribution is -2.33. The van der Waals surface area contributed by atoms with Gasteiger partial charge in [-0.3, -0.25) is 9.89 Å². The monoisotopic (exact) mass is 339 g/mol. The number of rotatable bonds is 2. The molecule has 1 aliphatic rings. The Kier molecular flexibility index (Phi) is 4.08. The number of nitrogens with one attached hydrogen (secondary N) is 1. The number of aromatic nitrogens is 2. The lowest BCUT2D eigenvalue weighted by atomic mass is 9.97. The van der Waals surface area contributed by atoms with Crippen LogP contribution in [-0.2, 0) is 6.18 Å². The molecule has 1 aromatic heterocycles. The van der Waals surface area contributed by atoms with E-state index in [9.17, 15) is 23.1 Å². The number of aliphatic hydroxyl groups is 1. The SMILES string of the molecule is Cc1cc(C(=O)N2CC(O)CC2c2ccccc2C(F)(F)F)n[nH]1. The molecule has 5 nitrogen and oxygen atoms in total. The summed E-state index contributed by atoms with van der Waals surface area (Å²) in [7, 11) is 0. The molecule has 2 unspecified atom stereocenters. The maximum Gasteiger partial charge on any atom is 0.416 e. The van der Waals surface area contributed by atoms with E-state index < -0.39 is 29.8 Å². The van der Waals surface area contributed by atoms with Crippen LogP contribution in [0.2, 0.25) is 0 Å². The maximum absolute atomic E-state index is 13.3. The van der Waals surface area contributed by atoms with E-state index in [1.165, 1.54) is 29.2 Å². The number of aromatic amines is 1. The molecule has 1 saturated heterocycles. The summed E-state index contributed by atoms with van der Waals surface area (Å²) in [4.78, 5) is 13.9. The number of halogens is 3. The van der Waals surface area contributed by atoms with Crippen LogP contribution in [0.4, 0.5) is 13.2 Å². The molecule has 0 spiro atoms. The highest BCUT2D eigenvalue weighted by molar-refractivity contribution is 5.93. The van der Waals surface area contributed by atoms with Gasteiger partial charge in [0.2, 0.25) is 0 Å². The number of nitrogens with zero attached hydrogens (tertiary/aromatic N) is 2. The minimum absolute atomic E-state index is 0.0119. The van der Waals surface area contributed by atoms with E-state index in [0.29, 0.717) is 5.69 Å². The van der Waals surface area contributed by atoms with Gasteiger partial charge in [-0.25, -0.2) is 0 Å². The minimum Gasteiger partial charge on any atom is -0.391 e. The summed E-state index contributed by atoms with van der Waals surface area (Å²) in [5.41, 5.74) is -0.0105. The minimum atomic E-state index is -4.53. The Balaban J connectivity index is 1.99. The lowest BCUT2D eigenvalue weighted by molar-refractivity contribution is -0.138. The largest absolute Gasteiger partial charge is 0.416 e. The van der Waals surface area contributed by atoms with Crippen LogP contribution in [0.15, 0.2) is 30.3 Å². The van der Waals surface area contributed by atoms with Crippen molar-refractivity contribution in [1.82, 2.24) is 15.1 Å². The summed E-state index contributed by atoms with van der Waals surface area (Å²) in [6, 6.07) is 5.82. The fourth-order valence-electron chi connectivity index (χ4n) is 3.05. The van der Waals surface area contributed by atoms with Gasteiger partial charge in [-0.2, -0.15) is 18.3 Å². The highest BCUT2D eigenvalue weighted by Gasteiger charge is 2.41. The van der Waals surface area contributed by atoms with Gasteiger partial charge in [0.1, 0.15) is 5.69 Å². The number of aliphatic hydroxyl groups excluding tert-OH is 1. The van der Waals surface area contributed by atoms with Crippen molar-refractivity contribution in [2.75, 3.05) is 6.54 Å². The highest BCUT2D eigenvalue weighted by Crippen LogP contribution is 2.40. The number of benzene rings is 1. The van der Waals surface area contributed by atoms with Crippen LogP contribution in [0.25, 0.3) is 0 Å². The van der Waals surface area contributed by atoms with E-state index in [1.807, 2.05) is 0 Å². The van der Waals surface area contributed by atoms with Crippen LogP contribution < -0.4 is 0 Å². The Morgan fingerprint density at radius 1 is 1.38 bits per heavy atom. The van der Waals surface area contributed by atoms with Gasteiger partial charge >= 0.3 is 6.18 Å². The molecular weight excluding hydrogens is 323 g/mol. The van der Waals surface area contributed by atoms with Crippen molar-refractivity contribution in [3.63, 3.8) is 0 Å². The van der Waals surface area contributed by atoms with Gasteiger partial charge in [-0.1, -0.05) is 18.2 Å². The second-order valence-corrected chi connectivity index (χ2v) is 5.88. The van der Waals surface area contributed by atoms with Gasteiger partial charge < -0.3 is 10.0 Å². The van der Waals surface area contributed by atoms with E-state index in [0.717, 1.165) is 6.07 Å². The van der Waals surface area contributed by atoms with Crippen LogP contribution in [-0.4, -0.2) is 38.8 Å². The standard InChI is InChI=1S/C16H16F3N3O2/c1-9-6-13(21-20-9)15(24)22-8-10(23)7-14(22)11-4-2-3-5-12(11)16(17,18)19/h2-6,10,14,23H,7-8H2,1H3,(H,20,21). The number of β-amino-alcohol motifs (C(OH)–C–C–N with tert-alkyl or cyclic N) is 1. The summed E-state index contributed by atoms with van der Waals surface area (Å²) in [5, 5.41) is 16.4.